The Morgan fingerprint density at radius 1 is 1.43 bits per heavy atom. The maximum atomic E-state index is 8.60. The molecular formula is C11H8ClNS. The molecule has 0 amide bonds. The lowest BCUT2D eigenvalue weighted by Gasteiger charge is -1.95. The number of benzene rings is 1. The van der Waals surface area contributed by atoms with Crippen LogP contribution in [-0.4, -0.2) is 0 Å². The van der Waals surface area contributed by atoms with Crippen LogP contribution < -0.4 is 0 Å². The molecule has 14 heavy (non-hydrogen) atoms. The molecule has 0 radical (unpaired) electrons. The van der Waals surface area contributed by atoms with Crippen molar-refractivity contribution >= 4 is 33.0 Å². The summed E-state index contributed by atoms with van der Waals surface area (Å²) in [5.74, 6) is 0. The number of rotatable bonds is 1. The smallest absolute Gasteiger partial charge is 0.0696 e. The van der Waals surface area contributed by atoms with E-state index in [1.165, 1.54) is 15.6 Å². The first-order chi connectivity index (χ1) is 6.70. The summed E-state index contributed by atoms with van der Waals surface area (Å²) in [6, 6.07) is 8.14. The van der Waals surface area contributed by atoms with Gasteiger partial charge < -0.3 is 0 Å². The Kier molecular flexibility index (Phi) is 2.45. The van der Waals surface area contributed by atoms with E-state index < -0.39 is 0 Å². The van der Waals surface area contributed by atoms with Crippen molar-refractivity contribution in [2.24, 2.45) is 0 Å². The second kappa shape index (κ2) is 3.61. The lowest BCUT2D eigenvalue weighted by Crippen LogP contribution is -1.73. The number of hydrogen-bond acceptors (Lipinski definition) is 2. The van der Waals surface area contributed by atoms with Gasteiger partial charge in [-0.15, -0.1) is 11.3 Å². The lowest BCUT2D eigenvalue weighted by molar-refractivity contribution is 1.32. The zero-order valence-corrected chi connectivity index (χ0v) is 9.25. The van der Waals surface area contributed by atoms with Gasteiger partial charge in [-0.1, -0.05) is 11.6 Å². The van der Waals surface area contributed by atoms with Gasteiger partial charge in [-0.3, -0.25) is 0 Å². The van der Waals surface area contributed by atoms with Crippen molar-refractivity contribution in [3.8, 4) is 6.07 Å². The molecule has 3 heteroatoms. The summed E-state index contributed by atoms with van der Waals surface area (Å²) in [6.45, 7) is 2.04. The Bertz CT molecular complexity index is 522. The van der Waals surface area contributed by atoms with Crippen LogP contribution in [0.4, 0.5) is 0 Å². The van der Waals surface area contributed by atoms with Crippen LogP contribution in [0.1, 0.15) is 10.4 Å². The van der Waals surface area contributed by atoms with Crippen molar-refractivity contribution in [3.63, 3.8) is 0 Å². The molecule has 0 aliphatic heterocycles. The van der Waals surface area contributed by atoms with Gasteiger partial charge in [0.25, 0.3) is 0 Å². The highest BCUT2D eigenvalue weighted by atomic mass is 35.5. The monoisotopic (exact) mass is 221 g/mol. The van der Waals surface area contributed by atoms with Gasteiger partial charge in [0.05, 0.1) is 12.5 Å². The van der Waals surface area contributed by atoms with E-state index in [1.54, 1.807) is 11.3 Å². The van der Waals surface area contributed by atoms with E-state index in [1.807, 2.05) is 19.1 Å². The first-order valence-electron chi connectivity index (χ1n) is 4.26. The highest BCUT2D eigenvalue weighted by Gasteiger charge is 2.04. The molecule has 2 rings (SSSR count). The molecule has 1 aromatic heterocycles. The predicted octanol–water partition coefficient (Wildman–Crippen LogP) is 3.93. The first-order valence-corrected chi connectivity index (χ1v) is 5.45. The summed E-state index contributed by atoms with van der Waals surface area (Å²) >= 11 is 7.60. The van der Waals surface area contributed by atoms with Crippen molar-refractivity contribution in [2.45, 2.75) is 13.3 Å². The fourth-order valence-electron chi connectivity index (χ4n) is 1.49. The van der Waals surface area contributed by atoms with E-state index >= 15 is 0 Å². The zero-order chi connectivity index (χ0) is 10.1. The van der Waals surface area contributed by atoms with Crippen molar-refractivity contribution in [1.29, 1.82) is 5.26 Å². The molecular weight excluding hydrogens is 214 g/mol. The zero-order valence-electron chi connectivity index (χ0n) is 7.67. The minimum atomic E-state index is 0.483. The van der Waals surface area contributed by atoms with Gasteiger partial charge in [0.2, 0.25) is 0 Å². The van der Waals surface area contributed by atoms with Crippen LogP contribution in [0.25, 0.3) is 10.1 Å². The van der Waals surface area contributed by atoms with Gasteiger partial charge >= 0.3 is 0 Å². The van der Waals surface area contributed by atoms with E-state index in [9.17, 15) is 0 Å². The van der Waals surface area contributed by atoms with Crippen LogP contribution >= 0.6 is 22.9 Å². The molecule has 0 atom stereocenters. The normalized spacial score (nSPS) is 10.4. The molecule has 70 valence electrons. The molecule has 2 aromatic rings. The van der Waals surface area contributed by atoms with Crippen molar-refractivity contribution in [3.05, 3.63) is 33.7 Å². The third-order valence-corrected chi connectivity index (χ3v) is 3.41. The van der Waals surface area contributed by atoms with Crippen LogP contribution in [0, 0.1) is 18.3 Å². The van der Waals surface area contributed by atoms with E-state index in [0.717, 1.165) is 9.90 Å². The minimum absolute atomic E-state index is 0.483. The number of nitriles is 1. The Morgan fingerprint density at radius 3 is 2.93 bits per heavy atom. The summed E-state index contributed by atoms with van der Waals surface area (Å²) in [5, 5.41) is 10.6. The molecule has 0 saturated carbocycles. The Balaban J connectivity index is 2.66. The maximum Gasteiger partial charge on any atom is 0.0696 e. The van der Waals surface area contributed by atoms with Crippen molar-refractivity contribution in [1.82, 2.24) is 0 Å². The second-order valence-electron chi connectivity index (χ2n) is 3.18. The Hall–Kier alpha value is -1.04. The average Bonchev–Trinajstić information content (AvgIpc) is 2.48. The fraction of sp³-hybridized carbons (Fsp3) is 0.182. The van der Waals surface area contributed by atoms with Crippen LogP contribution in [-0.2, 0) is 6.42 Å². The Labute approximate surface area is 91.5 Å². The molecule has 1 aromatic carbocycles. The number of fused-ring (bicyclic) bond motifs is 1. The lowest BCUT2D eigenvalue weighted by atomic mass is 10.1. The standard InChI is InChI=1S/C11H8ClNS/c1-7-4-8(12)5-11-10(7)6-9(14-11)2-3-13/h4-6H,2H2,1H3. The quantitative estimate of drug-likeness (QED) is 0.716. The largest absolute Gasteiger partial charge is 0.198 e. The number of halogens is 1. The average molecular weight is 222 g/mol. The molecule has 0 N–H and O–H groups in total. The first kappa shape index (κ1) is 9.51. The van der Waals surface area contributed by atoms with E-state index in [4.69, 9.17) is 16.9 Å². The maximum absolute atomic E-state index is 8.60. The molecule has 0 fully saturated rings. The minimum Gasteiger partial charge on any atom is -0.198 e. The molecule has 1 heterocycles. The highest BCUT2D eigenvalue weighted by Crippen LogP contribution is 2.31. The molecule has 0 spiro atoms. The molecule has 1 nitrogen and oxygen atoms in total. The van der Waals surface area contributed by atoms with Crippen LogP contribution in [0.15, 0.2) is 18.2 Å². The van der Waals surface area contributed by atoms with Crippen molar-refractivity contribution < 1.29 is 0 Å². The topological polar surface area (TPSA) is 23.8 Å². The summed E-state index contributed by atoms with van der Waals surface area (Å²) in [7, 11) is 0. The number of aryl methyl sites for hydroxylation is 1. The number of hydrogen-bond donors (Lipinski definition) is 0. The predicted molar refractivity (Wildman–Crippen MR) is 60.9 cm³/mol. The fourth-order valence-corrected chi connectivity index (χ4v) is 2.94. The molecule has 0 bridgehead atoms. The Morgan fingerprint density at radius 2 is 2.21 bits per heavy atom. The number of thiophene rings is 1. The van der Waals surface area contributed by atoms with Gasteiger partial charge in [-0.25, -0.2) is 0 Å². The summed E-state index contributed by atoms with van der Waals surface area (Å²) < 4.78 is 1.17. The van der Waals surface area contributed by atoms with Gasteiger partial charge in [-0.2, -0.15) is 5.26 Å². The van der Waals surface area contributed by atoms with Gasteiger partial charge in [0.1, 0.15) is 0 Å². The summed E-state index contributed by atoms with van der Waals surface area (Å²) in [5.41, 5.74) is 1.17. The van der Waals surface area contributed by atoms with E-state index in [-0.39, 0.29) is 0 Å². The number of nitrogens with zero attached hydrogens (tertiary/aromatic N) is 1. The molecule has 0 unspecified atom stereocenters. The van der Waals surface area contributed by atoms with Gasteiger partial charge in [0, 0.05) is 14.6 Å². The SMILES string of the molecule is Cc1cc(Cl)cc2sc(CC#N)cc12. The molecule has 0 aliphatic carbocycles. The summed E-state index contributed by atoms with van der Waals surface area (Å²) in [4.78, 5) is 1.10. The van der Waals surface area contributed by atoms with E-state index in [0.29, 0.717) is 6.42 Å². The van der Waals surface area contributed by atoms with Crippen LogP contribution in [0.2, 0.25) is 5.02 Å². The third kappa shape index (κ3) is 1.61. The van der Waals surface area contributed by atoms with Crippen LogP contribution in [0.5, 0.6) is 0 Å². The summed E-state index contributed by atoms with van der Waals surface area (Å²) in [6.07, 6.45) is 0.483. The van der Waals surface area contributed by atoms with E-state index in [2.05, 4.69) is 12.1 Å². The van der Waals surface area contributed by atoms with Gasteiger partial charge in [-0.05, 0) is 36.1 Å². The third-order valence-electron chi connectivity index (χ3n) is 2.11. The highest BCUT2D eigenvalue weighted by molar-refractivity contribution is 7.19. The van der Waals surface area contributed by atoms with Crippen LogP contribution in [0.3, 0.4) is 0 Å². The molecule has 0 aliphatic rings. The molecule has 0 saturated heterocycles. The van der Waals surface area contributed by atoms with Crippen molar-refractivity contribution in [2.75, 3.05) is 0 Å². The second-order valence-corrected chi connectivity index (χ2v) is 4.79. The van der Waals surface area contributed by atoms with Gasteiger partial charge in [0.15, 0.2) is 0 Å².